The van der Waals surface area contributed by atoms with E-state index in [4.69, 9.17) is 4.74 Å². The van der Waals surface area contributed by atoms with Crippen molar-refractivity contribution in [3.63, 3.8) is 0 Å². The van der Waals surface area contributed by atoms with Gasteiger partial charge in [-0.1, -0.05) is 18.2 Å². The maximum atomic E-state index is 12.4. The number of aryl methyl sites for hydroxylation is 1. The van der Waals surface area contributed by atoms with Gasteiger partial charge in [-0.05, 0) is 55.7 Å². The van der Waals surface area contributed by atoms with E-state index in [1.807, 2.05) is 12.1 Å². The van der Waals surface area contributed by atoms with Crippen LogP contribution in [0.3, 0.4) is 0 Å². The molecule has 0 unspecified atom stereocenters. The number of esters is 1. The van der Waals surface area contributed by atoms with Gasteiger partial charge in [0.25, 0.3) is 0 Å². The van der Waals surface area contributed by atoms with Gasteiger partial charge in [0.1, 0.15) is 0 Å². The van der Waals surface area contributed by atoms with E-state index in [-0.39, 0.29) is 11.9 Å². The zero-order valence-corrected chi connectivity index (χ0v) is 14.3. The van der Waals surface area contributed by atoms with Crippen LogP contribution in [-0.4, -0.2) is 31.6 Å². The quantitative estimate of drug-likeness (QED) is 0.850. The molecule has 1 heterocycles. The molecular formula is C20H22N2O3. The number of nitrogens with one attached hydrogen (secondary N) is 1. The summed E-state index contributed by atoms with van der Waals surface area (Å²) >= 11 is 0. The SMILES string of the molecule is CCOC(=O)c1ccc(NC(=O)CN2CCCc3ccccc32)cc1. The molecule has 5 nitrogen and oxygen atoms in total. The molecule has 1 N–H and O–H groups in total. The molecule has 1 aliphatic heterocycles. The maximum absolute atomic E-state index is 12.4. The highest BCUT2D eigenvalue weighted by molar-refractivity contribution is 5.95. The van der Waals surface area contributed by atoms with Gasteiger partial charge in [-0.3, -0.25) is 4.79 Å². The van der Waals surface area contributed by atoms with Gasteiger partial charge >= 0.3 is 5.97 Å². The first-order valence-corrected chi connectivity index (χ1v) is 8.57. The first kappa shape index (κ1) is 17.0. The summed E-state index contributed by atoms with van der Waals surface area (Å²) in [7, 11) is 0. The molecule has 0 aliphatic carbocycles. The Morgan fingerprint density at radius 1 is 1.12 bits per heavy atom. The van der Waals surface area contributed by atoms with Crippen LogP contribution in [0.1, 0.15) is 29.3 Å². The van der Waals surface area contributed by atoms with Crippen molar-refractivity contribution in [1.82, 2.24) is 0 Å². The van der Waals surface area contributed by atoms with Gasteiger partial charge < -0.3 is 15.0 Å². The lowest BCUT2D eigenvalue weighted by atomic mass is 10.0. The van der Waals surface area contributed by atoms with Crippen LogP contribution < -0.4 is 10.2 Å². The molecule has 1 aliphatic rings. The fraction of sp³-hybridized carbons (Fsp3) is 0.300. The first-order chi connectivity index (χ1) is 12.2. The highest BCUT2D eigenvalue weighted by Crippen LogP contribution is 2.26. The van der Waals surface area contributed by atoms with Crippen molar-refractivity contribution >= 4 is 23.3 Å². The molecule has 1 amide bonds. The van der Waals surface area contributed by atoms with Crippen LogP contribution in [0.25, 0.3) is 0 Å². The number of para-hydroxylation sites is 1. The zero-order valence-electron chi connectivity index (χ0n) is 14.3. The largest absolute Gasteiger partial charge is 0.462 e. The molecule has 25 heavy (non-hydrogen) atoms. The number of fused-ring (bicyclic) bond motifs is 1. The van der Waals surface area contributed by atoms with E-state index in [2.05, 4.69) is 22.3 Å². The number of carbonyl (C=O) groups excluding carboxylic acids is 2. The molecule has 3 rings (SSSR count). The van der Waals surface area contributed by atoms with Crippen LogP contribution in [-0.2, 0) is 16.0 Å². The Labute approximate surface area is 147 Å². The third-order valence-corrected chi connectivity index (χ3v) is 4.22. The van der Waals surface area contributed by atoms with Gasteiger partial charge in [0.15, 0.2) is 0 Å². The molecule has 130 valence electrons. The average molecular weight is 338 g/mol. The number of nitrogens with zero attached hydrogens (tertiary/aromatic N) is 1. The summed E-state index contributed by atoms with van der Waals surface area (Å²) in [5.41, 5.74) is 3.58. The van der Waals surface area contributed by atoms with Crippen molar-refractivity contribution in [3.05, 3.63) is 59.7 Å². The smallest absolute Gasteiger partial charge is 0.338 e. The highest BCUT2D eigenvalue weighted by atomic mass is 16.5. The Kier molecular flexibility index (Phi) is 5.33. The second kappa shape index (κ2) is 7.83. The molecule has 0 bridgehead atoms. The third kappa shape index (κ3) is 4.18. The minimum absolute atomic E-state index is 0.0689. The molecule has 0 saturated heterocycles. The van der Waals surface area contributed by atoms with Crippen LogP contribution in [0, 0.1) is 0 Å². The zero-order chi connectivity index (χ0) is 17.6. The maximum Gasteiger partial charge on any atom is 0.338 e. The normalized spacial score (nSPS) is 13.1. The van der Waals surface area contributed by atoms with Crippen LogP contribution in [0.4, 0.5) is 11.4 Å². The summed E-state index contributed by atoms with van der Waals surface area (Å²) in [4.78, 5) is 26.1. The number of rotatable bonds is 5. The molecular weight excluding hydrogens is 316 g/mol. The van der Waals surface area contributed by atoms with Crippen LogP contribution in [0.15, 0.2) is 48.5 Å². The third-order valence-electron chi connectivity index (χ3n) is 4.22. The predicted molar refractivity (Wildman–Crippen MR) is 98.0 cm³/mol. The van der Waals surface area contributed by atoms with E-state index in [0.29, 0.717) is 24.4 Å². The number of hydrogen-bond donors (Lipinski definition) is 1. The second-order valence-electron chi connectivity index (χ2n) is 6.00. The summed E-state index contributed by atoms with van der Waals surface area (Å²) < 4.78 is 4.95. The minimum atomic E-state index is -0.356. The molecule has 0 saturated carbocycles. The van der Waals surface area contributed by atoms with Crippen molar-refractivity contribution in [2.75, 3.05) is 29.9 Å². The van der Waals surface area contributed by atoms with Gasteiger partial charge in [-0.15, -0.1) is 0 Å². The molecule has 2 aromatic carbocycles. The van der Waals surface area contributed by atoms with E-state index in [0.717, 1.165) is 25.1 Å². The Morgan fingerprint density at radius 3 is 2.64 bits per heavy atom. The molecule has 5 heteroatoms. The van der Waals surface area contributed by atoms with Crippen molar-refractivity contribution in [1.29, 1.82) is 0 Å². The van der Waals surface area contributed by atoms with Gasteiger partial charge in [0.05, 0.1) is 18.7 Å². The van der Waals surface area contributed by atoms with E-state index in [9.17, 15) is 9.59 Å². The summed E-state index contributed by atoms with van der Waals surface area (Å²) in [6, 6.07) is 15.0. The number of amides is 1. The van der Waals surface area contributed by atoms with E-state index < -0.39 is 0 Å². The van der Waals surface area contributed by atoms with Crippen molar-refractivity contribution in [2.24, 2.45) is 0 Å². The summed E-state index contributed by atoms with van der Waals surface area (Å²) in [5.74, 6) is -0.425. The fourth-order valence-electron chi connectivity index (χ4n) is 3.05. The van der Waals surface area contributed by atoms with Gasteiger partial charge in [-0.25, -0.2) is 4.79 Å². The van der Waals surface area contributed by atoms with Crippen molar-refractivity contribution < 1.29 is 14.3 Å². The summed E-state index contributed by atoms with van der Waals surface area (Å²) in [6.45, 7) is 3.31. The standard InChI is InChI=1S/C20H22N2O3/c1-2-25-20(24)16-9-11-17(12-10-16)21-19(23)14-22-13-5-7-15-6-3-4-8-18(15)22/h3-4,6,8-12H,2,5,7,13-14H2,1H3,(H,21,23). The van der Waals surface area contributed by atoms with Gasteiger partial charge in [0, 0.05) is 17.9 Å². The van der Waals surface area contributed by atoms with Crippen LogP contribution in [0.2, 0.25) is 0 Å². The Hall–Kier alpha value is -2.82. The lowest BCUT2D eigenvalue weighted by Crippen LogP contribution is -2.36. The van der Waals surface area contributed by atoms with Gasteiger partial charge in [-0.2, -0.15) is 0 Å². The second-order valence-corrected chi connectivity index (χ2v) is 6.00. The minimum Gasteiger partial charge on any atom is -0.462 e. The Morgan fingerprint density at radius 2 is 1.88 bits per heavy atom. The lowest BCUT2D eigenvalue weighted by molar-refractivity contribution is -0.115. The predicted octanol–water partition coefficient (Wildman–Crippen LogP) is 3.25. The average Bonchev–Trinajstić information content (AvgIpc) is 2.63. The Bertz CT molecular complexity index is 756. The number of benzene rings is 2. The number of ether oxygens (including phenoxy) is 1. The Balaban J connectivity index is 1.61. The number of anilines is 2. The van der Waals surface area contributed by atoms with Crippen molar-refractivity contribution in [3.8, 4) is 0 Å². The lowest BCUT2D eigenvalue weighted by Gasteiger charge is -2.30. The first-order valence-electron chi connectivity index (χ1n) is 8.57. The molecule has 0 fully saturated rings. The number of hydrogen-bond acceptors (Lipinski definition) is 4. The topological polar surface area (TPSA) is 58.6 Å². The number of carbonyl (C=O) groups is 2. The van der Waals surface area contributed by atoms with Crippen molar-refractivity contribution in [2.45, 2.75) is 19.8 Å². The van der Waals surface area contributed by atoms with Gasteiger partial charge in [0.2, 0.25) is 5.91 Å². The van der Waals surface area contributed by atoms with E-state index in [1.54, 1.807) is 31.2 Å². The summed E-state index contributed by atoms with van der Waals surface area (Å²) in [6.07, 6.45) is 2.11. The molecule has 0 aromatic heterocycles. The molecule has 0 spiro atoms. The fourth-order valence-corrected chi connectivity index (χ4v) is 3.05. The summed E-state index contributed by atoms with van der Waals surface area (Å²) in [5, 5.41) is 2.89. The highest BCUT2D eigenvalue weighted by Gasteiger charge is 2.18. The van der Waals surface area contributed by atoms with E-state index in [1.165, 1.54) is 5.56 Å². The molecule has 0 radical (unpaired) electrons. The van der Waals surface area contributed by atoms with Crippen LogP contribution >= 0.6 is 0 Å². The molecule has 2 aromatic rings. The monoisotopic (exact) mass is 338 g/mol. The molecule has 0 atom stereocenters. The van der Waals surface area contributed by atoms with E-state index >= 15 is 0 Å². The van der Waals surface area contributed by atoms with Crippen LogP contribution in [0.5, 0.6) is 0 Å².